The smallest absolute Gasteiger partial charge is 0.317 e. The average Bonchev–Trinajstić information content (AvgIpc) is 2.37. The maximum Gasteiger partial charge on any atom is 0.317 e. The minimum Gasteiger partial charge on any atom is -0.481 e. The Morgan fingerprint density at radius 2 is 2.15 bits per heavy atom. The van der Waals surface area contributed by atoms with E-state index in [1.165, 1.54) is 0 Å². The monoisotopic (exact) mass is 285 g/mol. The van der Waals surface area contributed by atoms with Gasteiger partial charge in [0, 0.05) is 38.6 Å². The second kappa shape index (κ2) is 8.09. The SMILES string of the molecule is CC(C)N(C)CCNC(=O)N1CCCC(CC(=O)O)C1. The minimum atomic E-state index is -0.782. The summed E-state index contributed by atoms with van der Waals surface area (Å²) < 4.78 is 0. The number of nitrogens with one attached hydrogen (secondary N) is 1. The fourth-order valence-electron chi connectivity index (χ4n) is 2.37. The van der Waals surface area contributed by atoms with Crippen molar-refractivity contribution in [1.29, 1.82) is 0 Å². The summed E-state index contributed by atoms with van der Waals surface area (Å²) in [5, 5.41) is 11.7. The number of likely N-dealkylation sites (N-methyl/N-ethyl adjacent to an activating group) is 1. The van der Waals surface area contributed by atoms with Crippen LogP contribution in [-0.4, -0.2) is 66.2 Å². The van der Waals surface area contributed by atoms with E-state index in [-0.39, 0.29) is 18.4 Å². The van der Waals surface area contributed by atoms with Gasteiger partial charge in [-0.05, 0) is 39.7 Å². The van der Waals surface area contributed by atoms with Gasteiger partial charge in [-0.1, -0.05) is 0 Å². The van der Waals surface area contributed by atoms with Crippen LogP contribution >= 0.6 is 0 Å². The van der Waals surface area contributed by atoms with Crippen LogP contribution in [0.25, 0.3) is 0 Å². The number of urea groups is 1. The summed E-state index contributed by atoms with van der Waals surface area (Å²) in [6, 6.07) is 0.388. The number of carbonyl (C=O) groups is 2. The van der Waals surface area contributed by atoms with Gasteiger partial charge in [-0.15, -0.1) is 0 Å². The number of carbonyl (C=O) groups excluding carboxylic acids is 1. The Kier molecular flexibility index (Phi) is 6.78. The van der Waals surface area contributed by atoms with Crippen molar-refractivity contribution in [2.24, 2.45) is 5.92 Å². The van der Waals surface area contributed by atoms with Crippen LogP contribution in [0.4, 0.5) is 4.79 Å². The molecule has 1 aliphatic rings. The van der Waals surface area contributed by atoms with Crippen molar-refractivity contribution in [2.75, 3.05) is 33.2 Å². The molecule has 0 saturated carbocycles. The lowest BCUT2D eigenvalue weighted by atomic mass is 9.95. The normalized spacial score (nSPS) is 19.4. The molecule has 1 heterocycles. The predicted octanol–water partition coefficient (Wildman–Crippen LogP) is 1.22. The maximum absolute atomic E-state index is 12.0. The van der Waals surface area contributed by atoms with Crippen molar-refractivity contribution < 1.29 is 14.7 Å². The molecule has 116 valence electrons. The summed E-state index contributed by atoms with van der Waals surface area (Å²) in [4.78, 5) is 26.7. The van der Waals surface area contributed by atoms with Crippen LogP contribution in [0.15, 0.2) is 0 Å². The van der Waals surface area contributed by atoms with Crippen molar-refractivity contribution in [1.82, 2.24) is 15.1 Å². The molecule has 1 unspecified atom stereocenters. The Bertz CT molecular complexity index is 334. The van der Waals surface area contributed by atoms with Crippen molar-refractivity contribution in [2.45, 2.75) is 39.2 Å². The summed E-state index contributed by atoms with van der Waals surface area (Å²) in [6.07, 6.45) is 1.93. The van der Waals surface area contributed by atoms with Crippen molar-refractivity contribution >= 4 is 12.0 Å². The third-order valence-electron chi connectivity index (χ3n) is 3.89. The zero-order chi connectivity index (χ0) is 15.1. The Morgan fingerprint density at radius 3 is 2.75 bits per heavy atom. The lowest BCUT2D eigenvalue weighted by Crippen LogP contribution is -2.47. The summed E-state index contributed by atoms with van der Waals surface area (Å²) >= 11 is 0. The van der Waals surface area contributed by atoms with Crippen LogP contribution in [0, 0.1) is 5.92 Å². The van der Waals surface area contributed by atoms with Crippen LogP contribution in [0.5, 0.6) is 0 Å². The Labute approximate surface area is 121 Å². The zero-order valence-electron chi connectivity index (χ0n) is 12.8. The standard InChI is InChI=1S/C14H27N3O3/c1-11(2)16(3)8-6-15-14(20)17-7-4-5-12(10-17)9-13(18)19/h11-12H,4-10H2,1-3H3,(H,15,20)(H,18,19). The van der Waals surface area contributed by atoms with Gasteiger partial charge in [0.25, 0.3) is 0 Å². The molecule has 1 rings (SSSR count). The molecule has 6 nitrogen and oxygen atoms in total. The first kappa shape index (κ1) is 16.8. The minimum absolute atomic E-state index is 0.0720. The third kappa shape index (κ3) is 5.77. The molecule has 1 fully saturated rings. The molecular formula is C14H27N3O3. The van der Waals surface area contributed by atoms with Gasteiger partial charge in [-0.25, -0.2) is 4.79 Å². The average molecular weight is 285 g/mol. The first-order valence-corrected chi connectivity index (χ1v) is 7.35. The van der Waals surface area contributed by atoms with E-state index < -0.39 is 5.97 Å². The van der Waals surface area contributed by atoms with E-state index in [0.717, 1.165) is 25.9 Å². The highest BCUT2D eigenvalue weighted by atomic mass is 16.4. The number of carboxylic acids is 1. The largest absolute Gasteiger partial charge is 0.481 e. The number of rotatable bonds is 6. The van der Waals surface area contributed by atoms with E-state index in [1.807, 2.05) is 7.05 Å². The number of aliphatic carboxylic acids is 1. The third-order valence-corrected chi connectivity index (χ3v) is 3.89. The number of carboxylic acid groups (broad SMARTS) is 1. The summed E-state index contributed by atoms with van der Waals surface area (Å²) in [6.45, 7) is 6.94. The van der Waals surface area contributed by atoms with Gasteiger partial charge in [-0.3, -0.25) is 4.79 Å². The van der Waals surface area contributed by atoms with E-state index in [0.29, 0.717) is 19.1 Å². The van der Waals surface area contributed by atoms with Crippen LogP contribution in [0.2, 0.25) is 0 Å². The van der Waals surface area contributed by atoms with Gasteiger partial charge in [0.05, 0.1) is 0 Å². The topological polar surface area (TPSA) is 72.9 Å². The first-order valence-electron chi connectivity index (χ1n) is 7.35. The molecule has 0 aliphatic carbocycles. The van der Waals surface area contributed by atoms with E-state index in [9.17, 15) is 9.59 Å². The van der Waals surface area contributed by atoms with Gasteiger partial charge in [0.1, 0.15) is 0 Å². The second-order valence-electron chi connectivity index (χ2n) is 5.86. The Hall–Kier alpha value is -1.30. The molecule has 1 atom stereocenters. The molecular weight excluding hydrogens is 258 g/mol. The fraction of sp³-hybridized carbons (Fsp3) is 0.857. The molecule has 0 bridgehead atoms. The van der Waals surface area contributed by atoms with E-state index in [2.05, 4.69) is 24.1 Å². The second-order valence-corrected chi connectivity index (χ2v) is 5.86. The molecule has 2 amide bonds. The highest BCUT2D eigenvalue weighted by Gasteiger charge is 2.24. The van der Waals surface area contributed by atoms with Crippen molar-refractivity contribution in [3.8, 4) is 0 Å². The van der Waals surface area contributed by atoms with Gasteiger partial charge < -0.3 is 20.2 Å². The summed E-state index contributed by atoms with van der Waals surface area (Å²) in [5.74, 6) is -0.693. The number of nitrogens with zero attached hydrogens (tertiary/aromatic N) is 2. The first-order chi connectivity index (χ1) is 9.40. The highest BCUT2D eigenvalue weighted by Crippen LogP contribution is 2.19. The Morgan fingerprint density at radius 1 is 1.45 bits per heavy atom. The lowest BCUT2D eigenvalue weighted by molar-refractivity contribution is -0.138. The molecule has 0 aromatic heterocycles. The number of hydrogen-bond acceptors (Lipinski definition) is 3. The number of piperidine rings is 1. The predicted molar refractivity (Wildman–Crippen MR) is 77.7 cm³/mol. The van der Waals surface area contributed by atoms with Crippen molar-refractivity contribution in [3.63, 3.8) is 0 Å². The molecule has 0 spiro atoms. The Balaban J connectivity index is 2.30. The van der Waals surface area contributed by atoms with Crippen LogP contribution < -0.4 is 5.32 Å². The summed E-state index contributed by atoms with van der Waals surface area (Å²) in [7, 11) is 2.03. The van der Waals surface area contributed by atoms with Gasteiger partial charge in [-0.2, -0.15) is 0 Å². The quantitative estimate of drug-likeness (QED) is 0.769. The van der Waals surface area contributed by atoms with Gasteiger partial charge in [0.15, 0.2) is 0 Å². The molecule has 0 radical (unpaired) electrons. The van der Waals surface area contributed by atoms with Gasteiger partial charge in [0.2, 0.25) is 0 Å². The maximum atomic E-state index is 12.0. The lowest BCUT2D eigenvalue weighted by Gasteiger charge is -2.32. The zero-order valence-corrected chi connectivity index (χ0v) is 12.8. The molecule has 0 aromatic rings. The molecule has 1 saturated heterocycles. The molecule has 6 heteroatoms. The highest BCUT2D eigenvalue weighted by molar-refractivity contribution is 5.74. The van der Waals surface area contributed by atoms with Crippen molar-refractivity contribution in [3.05, 3.63) is 0 Å². The number of hydrogen-bond donors (Lipinski definition) is 2. The molecule has 0 aromatic carbocycles. The van der Waals surface area contributed by atoms with E-state index >= 15 is 0 Å². The summed E-state index contributed by atoms with van der Waals surface area (Å²) in [5.41, 5.74) is 0. The molecule has 2 N–H and O–H groups in total. The van der Waals surface area contributed by atoms with E-state index in [4.69, 9.17) is 5.11 Å². The number of amides is 2. The van der Waals surface area contributed by atoms with Gasteiger partial charge >= 0.3 is 12.0 Å². The van der Waals surface area contributed by atoms with Crippen LogP contribution in [0.1, 0.15) is 33.1 Å². The molecule has 1 aliphatic heterocycles. The number of likely N-dealkylation sites (tertiary alicyclic amines) is 1. The fourth-order valence-corrected chi connectivity index (χ4v) is 2.37. The van der Waals surface area contributed by atoms with Crippen LogP contribution in [-0.2, 0) is 4.79 Å². The molecule has 20 heavy (non-hydrogen) atoms. The van der Waals surface area contributed by atoms with Crippen LogP contribution in [0.3, 0.4) is 0 Å². The van der Waals surface area contributed by atoms with E-state index in [1.54, 1.807) is 4.90 Å².